The van der Waals surface area contributed by atoms with Gasteiger partial charge in [0.05, 0.1) is 13.2 Å². The summed E-state index contributed by atoms with van der Waals surface area (Å²) in [4.78, 5) is 6.97. The summed E-state index contributed by atoms with van der Waals surface area (Å²) in [5, 5.41) is 3.12. The van der Waals surface area contributed by atoms with Gasteiger partial charge in [-0.2, -0.15) is 0 Å². The number of ether oxygens (including phenoxy) is 1. The fourth-order valence-corrected chi connectivity index (χ4v) is 3.70. The molecule has 1 aromatic rings. The van der Waals surface area contributed by atoms with Gasteiger partial charge in [-0.25, -0.2) is 4.99 Å². The third kappa shape index (κ3) is 8.22. The van der Waals surface area contributed by atoms with Crippen LogP contribution in [0.3, 0.4) is 0 Å². The van der Waals surface area contributed by atoms with Crippen molar-refractivity contribution in [3.05, 3.63) is 35.4 Å². The maximum atomic E-state index is 5.91. The number of aliphatic imine (C=N–C) groups is 1. The van der Waals surface area contributed by atoms with Gasteiger partial charge in [-0.3, -0.25) is 4.90 Å². The number of methoxy groups -OCH3 is 1. The van der Waals surface area contributed by atoms with Crippen LogP contribution in [0.5, 0.6) is 0 Å². The molecule has 5 nitrogen and oxygen atoms in total. The lowest BCUT2D eigenvalue weighted by Gasteiger charge is -2.35. The topological polar surface area (TPSA) is 62.9 Å². The minimum Gasteiger partial charge on any atom is -0.383 e. The largest absolute Gasteiger partial charge is 0.383 e. The predicted molar refractivity (Wildman–Crippen MR) is 120 cm³/mol. The summed E-state index contributed by atoms with van der Waals surface area (Å²) in [5.74, 6) is 2.06. The summed E-state index contributed by atoms with van der Waals surface area (Å²) in [7, 11) is 1.68. The molecule has 3 atom stereocenters. The van der Waals surface area contributed by atoms with Crippen LogP contribution in [0.4, 0.5) is 0 Å². The van der Waals surface area contributed by atoms with E-state index in [1.165, 1.54) is 30.6 Å². The molecule has 1 aliphatic heterocycles. The van der Waals surface area contributed by atoms with Gasteiger partial charge in [0.1, 0.15) is 0 Å². The molecule has 1 aromatic carbocycles. The van der Waals surface area contributed by atoms with Crippen molar-refractivity contribution in [1.29, 1.82) is 0 Å². The molecule has 0 bridgehead atoms. The quantitative estimate of drug-likeness (QED) is 0.362. The van der Waals surface area contributed by atoms with Gasteiger partial charge in [-0.1, -0.05) is 38.1 Å². The van der Waals surface area contributed by atoms with Crippen LogP contribution in [0.25, 0.3) is 0 Å². The first kappa shape index (κ1) is 23.2. The Kier molecular flexibility index (Phi) is 10.5. The Balaban J connectivity index is 0.00000338. The van der Waals surface area contributed by atoms with E-state index in [1.54, 1.807) is 7.11 Å². The van der Waals surface area contributed by atoms with Gasteiger partial charge >= 0.3 is 0 Å². The molecule has 148 valence electrons. The zero-order valence-corrected chi connectivity index (χ0v) is 18.9. The minimum absolute atomic E-state index is 0. The zero-order valence-electron chi connectivity index (χ0n) is 16.6. The molecule has 26 heavy (non-hydrogen) atoms. The summed E-state index contributed by atoms with van der Waals surface area (Å²) in [6.07, 6.45) is 1.35. The highest BCUT2D eigenvalue weighted by Gasteiger charge is 2.21. The molecule has 3 N–H and O–H groups in total. The zero-order chi connectivity index (χ0) is 18.2. The van der Waals surface area contributed by atoms with E-state index in [9.17, 15) is 0 Å². The van der Waals surface area contributed by atoms with Gasteiger partial charge in [-0.05, 0) is 36.3 Å². The summed E-state index contributed by atoms with van der Waals surface area (Å²) < 4.78 is 5.08. The first-order chi connectivity index (χ1) is 12.0. The molecular formula is C20H35IN4O. The molecule has 3 unspecified atom stereocenters. The Bertz CT molecular complexity index is 539. The normalized spacial score (nSPS) is 22.5. The molecule has 1 fully saturated rings. The molecule has 1 aliphatic rings. The number of rotatable bonds is 7. The van der Waals surface area contributed by atoms with E-state index in [-0.39, 0.29) is 30.0 Å². The highest BCUT2D eigenvalue weighted by atomic mass is 127. The van der Waals surface area contributed by atoms with E-state index in [4.69, 9.17) is 10.5 Å². The Labute approximate surface area is 175 Å². The van der Waals surface area contributed by atoms with E-state index in [1.807, 2.05) is 6.92 Å². The number of likely N-dealkylation sites (tertiary alicyclic amines) is 1. The second-order valence-electron chi connectivity index (χ2n) is 7.66. The molecule has 1 saturated heterocycles. The standard InChI is InChI=1S/C20H34N4O.HI/c1-15-9-16(2)12-24(11-15)13-19-7-5-18(6-8-19)10-22-20(21)23-17(3)14-25-4;/h5-8,15-17H,9-14H2,1-4H3,(H3,21,22,23);1H. The molecule has 0 spiro atoms. The lowest BCUT2D eigenvalue weighted by molar-refractivity contribution is 0.134. The van der Waals surface area contributed by atoms with Crippen molar-refractivity contribution < 1.29 is 4.74 Å². The Morgan fingerprint density at radius 2 is 1.81 bits per heavy atom. The average Bonchev–Trinajstić information content (AvgIpc) is 2.53. The van der Waals surface area contributed by atoms with Crippen molar-refractivity contribution in [2.24, 2.45) is 22.6 Å². The second-order valence-corrected chi connectivity index (χ2v) is 7.66. The van der Waals surface area contributed by atoms with Crippen LogP contribution in [-0.4, -0.2) is 43.7 Å². The average molecular weight is 474 g/mol. The summed E-state index contributed by atoms with van der Waals surface area (Å²) >= 11 is 0. The van der Waals surface area contributed by atoms with Gasteiger partial charge in [0.15, 0.2) is 5.96 Å². The highest BCUT2D eigenvalue weighted by molar-refractivity contribution is 14.0. The van der Waals surface area contributed by atoms with Gasteiger partial charge in [-0.15, -0.1) is 24.0 Å². The predicted octanol–water partition coefficient (Wildman–Crippen LogP) is 3.22. The fourth-order valence-electron chi connectivity index (χ4n) is 3.70. The van der Waals surface area contributed by atoms with Crippen molar-refractivity contribution in [3.8, 4) is 0 Å². The molecule has 0 radical (unpaired) electrons. The Morgan fingerprint density at radius 1 is 1.23 bits per heavy atom. The van der Waals surface area contributed by atoms with E-state index >= 15 is 0 Å². The lowest BCUT2D eigenvalue weighted by Crippen LogP contribution is -2.40. The van der Waals surface area contributed by atoms with Gasteiger partial charge in [0, 0.05) is 32.8 Å². The number of guanidine groups is 1. The maximum Gasteiger partial charge on any atom is 0.189 e. The van der Waals surface area contributed by atoms with Crippen molar-refractivity contribution in [2.45, 2.75) is 46.3 Å². The lowest BCUT2D eigenvalue weighted by atomic mass is 9.91. The number of nitrogens with zero attached hydrogens (tertiary/aromatic N) is 2. The van der Waals surface area contributed by atoms with Crippen LogP contribution in [0.15, 0.2) is 29.3 Å². The summed E-state index contributed by atoms with van der Waals surface area (Å²) in [6.45, 7) is 11.4. The van der Waals surface area contributed by atoms with E-state index in [0.29, 0.717) is 19.1 Å². The van der Waals surface area contributed by atoms with E-state index in [2.05, 4.69) is 53.3 Å². The van der Waals surface area contributed by atoms with Crippen molar-refractivity contribution in [1.82, 2.24) is 10.2 Å². The van der Waals surface area contributed by atoms with Gasteiger partial charge < -0.3 is 15.8 Å². The molecular weight excluding hydrogens is 439 g/mol. The number of nitrogens with one attached hydrogen (secondary N) is 1. The fraction of sp³-hybridized carbons (Fsp3) is 0.650. The monoisotopic (exact) mass is 474 g/mol. The Morgan fingerprint density at radius 3 is 2.38 bits per heavy atom. The molecule has 6 heteroatoms. The molecule has 1 heterocycles. The van der Waals surface area contributed by atoms with Crippen LogP contribution in [0.1, 0.15) is 38.3 Å². The minimum atomic E-state index is 0. The summed E-state index contributed by atoms with van der Waals surface area (Å²) in [5.41, 5.74) is 8.45. The number of halogens is 1. The van der Waals surface area contributed by atoms with Crippen LogP contribution in [0.2, 0.25) is 0 Å². The Hall–Kier alpha value is -0.860. The van der Waals surface area contributed by atoms with Gasteiger partial charge in [0.25, 0.3) is 0 Å². The van der Waals surface area contributed by atoms with Crippen molar-refractivity contribution in [3.63, 3.8) is 0 Å². The molecule has 0 aliphatic carbocycles. The van der Waals surface area contributed by atoms with Crippen LogP contribution in [-0.2, 0) is 17.8 Å². The van der Waals surface area contributed by atoms with Gasteiger partial charge in [0.2, 0.25) is 0 Å². The number of piperidine rings is 1. The SMILES string of the molecule is COCC(C)NC(N)=NCc1ccc(CN2CC(C)CC(C)C2)cc1.I. The number of hydrogen-bond donors (Lipinski definition) is 2. The molecule has 2 rings (SSSR count). The van der Waals surface area contributed by atoms with Crippen LogP contribution < -0.4 is 11.1 Å². The van der Waals surface area contributed by atoms with Crippen LogP contribution >= 0.6 is 24.0 Å². The second kappa shape index (κ2) is 11.8. The third-order valence-corrected chi connectivity index (χ3v) is 4.62. The summed E-state index contributed by atoms with van der Waals surface area (Å²) in [6, 6.07) is 8.89. The number of benzene rings is 1. The maximum absolute atomic E-state index is 5.91. The number of hydrogen-bond acceptors (Lipinski definition) is 3. The first-order valence-corrected chi connectivity index (χ1v) is 9.31. The smallest absolute Gasteiger partial charge is 0.189 e. The molecule has 0 aromatic heterocycles. The molecule has 0 amide bonds. The highest BCUT2D eigenvalue weighted by Crippen LogP contribution is 2.22. The van der Waals surface area contributed by atoms with Crippen molar-refractivity contribution in [2.75, 3.05) is 26.8 Å². The third-order valence-electron chi connectivity index (χ3n) is 4.62. The van der Waals surface area contributed by atoms with Crippen molar-refractivity contribution >= 4 is 29.9 Å². The number of nitrogens with two attached hydrogens (primary N) is 1. The van der Waals surface area contributed by atoms with E-state index < -0.39 is 0 Å². The molecule has 0 saturated carbocycles. The first-order valence-electron chi connectivity index (χ1n) is 9.31. The van der Waals surface area contributed by atoms with E-state index in [0.717, 1.165) is 18.4 Å². The van der Waals surface area contributed by atoms with Crippen LogP contribution in [0, 0.1) is 11.8 Å².